The predicted molar refractivity (Wildman–Crippen MR) is 54.4 cm³/mol. The molecule has 2 nitrogen and oxygen atoms in total. The van der Waals surface area contributed by atoms with Crippen LogP contribution in [-0.2, 0) is 10.3 Å². The molecule has 0 heterocycles. The molecular formula is C11H15F2NO. The number of rotatable bonds is 4. The lowest BCUT2D eigenvalue weighted by molar-refractivity contribution is 0.169. The van der Waals surface area contributed by atoms with Crippen molar-refractivity contribution in [3.05, 3.63) is 35.4 Å². The normalized spacial score (nSPS) is 15.0. The topological polar surface area (TPSA) is 35.2 Å². The van der Waals surface area contributed by atoms with E-state index in [1.165, 1.54) is 25.3 Å². The summed E-state index contributed by atoms with van der Waals surface area (Å²) in [6, 6.07) is 3.73. The Bertz CT molecular complexity index is 319. The van der Waals surface area contributed by atoms with Crippen molar-refractivity contribution < 1.29 is 13.5 Å². The van der Waals surface area contributed by atoms with E-state index in [-0.39, 0.29) is 5.56 Å². The van der Waals surface area contributed by atoms with Crippen LogP contribution in [0.2, 0.25) is 0 Å². The van der Waals surface area contributed by atoms with E-state index in [2.05, 4.69) is 0 Å². The molecule has 2 N–H and O–H groups in total. The van der Waals surface area contributed by atoms with Crippen molar-refractivity contribution in [1.29, 1.82) is 0 Å². The van der Waals surface area contributed by atoms with Gasteiger partial charge in [-0.1, -0.05) is 6.07 Å². The Hall–Kier alpha value is -1.00. The van der Waals surface area contributed by atoms with Gasteiger partial charge in [-0.25, -0.2) is 8.78 Å². The highest BCUT2D eigenvalue weighted by molar-refractivity contribution is 5.26. The maximum absolute atomic E-state index is 13.4. The number of nitrogens with two attached hydrogens (primary N) is 1. The molecule has 0 fully saturated rings. The molecule has 1 unspecified atom stereocenters. The van der Waals surface area contributed by atoms with Gasteiger partial charge in [0.1, 0.15) is 11.6 Å². The fraction of sp³-hybridized carbons (Fsp3) is 0.455. The molecule has 0 radical (unpaired) electrons. The van der Waals surface area contributed by atoms with Crippen LogP contribution in [0, 0.1) is 11.6 Å². The van der Waals surface area contributed by atoms with Gasteiger partial charge in [-0.05, 0) is 25.5 Å². The van der Waals surface area contributed by atoms with Crippen molar-refractivity contribution in [2.24, 2.45) is 5.73 Å². The molecule has 1 aromatic carbocycles. The Morgan fingerprint density at radius 2 is 1.87 bits per heavy atom. The second-order valence-corrected chi connectivity index (χ2v) is 3.76. The van der Waals surface area contributed by atoms with Gasteiger partial charge in [0.15, 0.2) is 0 Å². The second-order valence-electron chi connectivity index (χ2n) is 3.76. The molecule has 1 rings (SSSR count). The van der Waals surface area contributed by atoms with E-state index in [0.29, 0.717) is 13.0 Å². The Kier molecular flexibility index (Phi) is 3.77. The highest BCUT2D eigenvalue weighted by atomic mass is 19.1. The average molecular weight is 215 g/mol. The summed E-state index contributed by atoms with van der Waals surface area (Å²) in [5.41, 5.74) is 4.73. The van der Waals surface area contributed by atoms with Crippen molar-refractivity contribution in [3.63, 3.8) is 0 Å². The number of hydrogen-bond acceptors (Lipinski definition) is 2. The predicted octanol–water partition coefficient (Wildman–Crippen LogP) is 2.18. The van der Waals surface area contributed by atoms with Crippen LogP contribution in [0.3, 0.4) is 0 Å². The Morgan fingerprint density at radius 1 is 1.33 bits per heavy atom. The van der Waals surface area contributed by atoms with E-state index in [4.69, 9.17) is 10.5 Å². The van der Waals surface area contributed by atoms with Gasteiger partial charge in [0, 0.05) is 24.8 Å². The van der Waals surface area contributed by atoms with Crippen LogP contribution in [-0.4, -0.2) is 13.7 Å². The number of benzene rings is 1. The third-order valence-corrected chi connectivity index (χ3v) is 2.36. The zero-order valence-electron chi connectivity index (χ0n) is 8.89. The molecule has 84 valence electrons. The monoisotopic (exact) mass is 215 g/mol. The summed E-state index contributed by atoms with van der Waals surface area (Å²) in [7, 11) is 1.52. The van der Waals surface area contributed by atoms with Gasteiger partial charge in [0.05, 0.1) is 0 Å². The summed E-state index contributed by atoms with van der Waals surface area (Å²) < 4.78 is 31.7. The van der Waals surface area contributed by atoms with Gasteiger partial charge in [-0.2, -0.15) is 0 Å². The zero-order valence-corrected chi connectivity index (χ0v) is 8.89. The standard InChI is InChI=1S/C11H15F2NO/c1-11(14,6-7-15-2)10-8(12)4-3-5-9(10)13/h3-5H,6-7,14H2,1-2H3. The number of ether oxygens (including phenoxy) is 1. The maximum Gasteiger partial charge on any atom is 0.131 e. The molecule has 1 aromatic rings. The molecule has 4 heteroatoms. The van der Waals surface area contributed by atoms with Crippen LogP contribution in [0.15, 0.2) is 18.2 Å². The molecule has 0 saturated carbocycles. The van der Waals surface area contributed by atoms with Crippen LogP contribution in [0.25, 0.3) is 0 Å². The third-order valence-electron chi connectivity index (χ3n) is 2.36. The molecule has 0 bridgehead atoms. The number of halogens is 2. The molecule has 0 amide bonds. The minimum absolute atomic E-state index is 0.0814. The highest BCUT2D eigenvalue weighted by Gasteiger charge is 2.27. The second kappa shape index (κ2) is 4.68. The third kappa shape index (κ3) is 2.73. The molecule has 15 heavy (non-hydrogen) atoms. The average Bonchev–Trinajstić information content (AvgIpc) is 2.14. The lowest BCUT2D eigenvalue weighted by Gasteiger charge is -2.25. The fourth-order valence-electron chi connectivity index (χ4n) is 1.48. The summed E-state index contributed by atoms with van der Waals surface area (Å²) in [6.45, 7) is 1.95. The van der Waals surface area contributed by atoms with Crippen molar-refractivity contribution >= 4 is 0 Å². The SMILES string of the molecule is COCCC(C)(N)c1c(F)cccc1F. The van der Waals surface area contributed by atoms with Crippen LogP contribution in [0.5, 0.6) is 0 Å². The fourth-order valence-corrected chi connectivity index (χ4v) is 1.48. The van der Waals surface area contributed by atoms with Gasteiger partial charge >= 0.3 is 0 Å². The van der Waals surface area contributed by atoms with Crippen molar-refractivity contribution in [2.75, 3.05) is 13.7 Å². The summed E-state index contributed by atoms with van der Waals surface area (Å²) in [4.78, 5) is 0. The molecule has 0 aliphatic rings. The maximum atomic E-state index is 13.4. The van der Waals surface area contributed by atoms with E-state index in [1.54, 1.807) is 6.92 Å². The largest absolute Gasteiger partial charge is 0.385 e. The van der Waals surface area contributed by atoms with Crippen LogP contribution >= 0.6 is 0 Å². The summed E-state index contributed by atoms with van der Waals surface area (Å²) in [5, 5.41) is 0. The van der Waals surface area contributed by atoms with E-state index in [1.807, 2.05) is 0 Å². The molecule has 0 aliphatic carbocycles. The highest BCUT2D eigenvalue weighted by Crippen LogP contribution is 2.26. The lowest BCUT2D eigenvalue weighted by Crippen LogP contribution is -2.36. The van der Waals surface area contributed by atoms with E-state index >= 15 is 0 Å². The number of methoxy groups -OCH3 is 1. The Morgan fingerprint density at radius 3 is 2.33 bits per heavy atom. The Labute approximate surface area is 88.0 Å². The van der Waals surface area contributed by atoms with Crippen LogP contribution < -0.4 is 5.73 Å². The van der Waals surface area contributed by atoms with Gasteiger partial charge in [-0.3, -0.25) is 0 Å². The summed E-state index contributed by atoms with van der Waals surface area (Å²) >= 11 is 0. The minimum Gasteiger partial charge on any atom is -0.385 e. The van der Waals surface area contributed by atoms with Crippen molar-refractivity contribution in [1.82, 2.24) is 0 Å². The van der Waals surface area contributed by atoms with E-state index in [9.17, 15) is 8.78 Å². The quantitative estimate of drug-likeness (QED) is 0.835. The smallest absolute Gasteiger partial charge is 0.131 e. The first-order valence-corrected chi connectivity index (χ1v) is 4.71. The van der Waals surface area contributed by atoms with Gasteiger partial charge < -0.3 is 10.5 Å². The van der Waals surface area contributed by atoms with Gasteiger partial charge in [-0.15, -0.1) is 0 Å². The molecular weight excluding hydrogens is 200 g/mol. The molecule has 0 spiro atoms. The number of hydrogen-bond donors (Lipinski definition) is 1. The first-order chi connectivity index (χ1) is 6.99. The van der Waals surface area contributed by atoms with Crippen molar-refractivity contribution in [2.45, 2.75) is 18.9 Å². The van der Waals surface area contributed by atoms with Crippen LogP contribution in [0.4, 0.5) is 8.78 Å². The zero-order chi connectivity index (χ0) is 11.5. The summed E-state index contributed by atoms with van der Waals surface area (Å²) in [6.07, 6.45) is 0.362. The van der Waals surface area contributed by atoms with E-state index < -0.39 is 17.2 Å². The Balaban J connectivity index is 3.03. The van der Waals surface area contributed by atoms with Crippen LogP contribution in [0.1, 0.15) is 18.9 Å². The molecule has 0 saturated heterocycles. The van der Waals surface area contributed by atoms with E-state index in [0.717, 1.165) is 0 Å². The molecule has 1 atom stereocenters. The molecule has 0 aromatic heterocycles. The first kappa shape index (κ1) is 12.1. The summed E-state index contributed by atoms with van der Waals surface area (Å²) in [5.74, 6) is -1.23. The lowest BCUT2D eigenvalue weighted by atomic mass is 9.89. The van der Waals surface area contributed by atoms with Gasteiger partial charge in [0.25, 0.3) is 0 Å². The minimum atomic E-state index is -1.05. The first-order valence-electron chi connectivity index (χ1n) is 4.71. The van der Waals surface area contributed by atoms with Crippen molar-refractivity contribution in [3.8, 4) is 0 Å². The molecule has 0 aliphatic heterocycles. The van der Waals surface area contributed by atoms with Gasteiger partial charge in [0.2, 0.25) is 0 Å².